The van der Waals surface area contributed by atoms with Crippen molar-refractivity contribution < 1.29 is 9.29 Å². The third-order valence-electron chi connectivity index (χ3n) is 4.21. The van der Waals surface area contributed by atoms with Crippen LogP contribution in [-0.4, -0.2) is 44.0 Å². The Labute approximate surface area is 174 Å². The highest BCUT2D eigenvalue weighted by molar-refractivity contribution is 7.93. The fraction of sp³-hybridized carbons (Fsp3) is 0.158. The second-order valence-corrected chi connectivity index (χ2v) is 8.88. The summed E-state index contributed by atoms with van der Waals surface area (Å²) in [6.45, 7) is 0.380. The molecule has 0 fully saturated rings. The van der Waals surface area contributed by atoms with Crippen LogP contribution in [0.5, 0.6) is 0 Å². The topological polar surface area (TPSA) is 136 Å². The number of aromatic nitrogens is 4. The Balaban J connectivity index is 1.93. The van der Waals surface area contributed by atoms with Crippen LogP contribution in [0, 0.1) is 0 Å². The van der Waals surface area contributed by atoms with Gasteiger partial charge in [0.1, 0.15) is 16.3 Å². The van der Waals surface area contributed by atoms with Gasteiger partial charge in [0.25, 0.3) is 0 Å². The molecule has 148 valence electrons. The first-order chi connectivity index (χ1) is 14.1. The Morgan fingerprint density at radius 2 is 1.79 bits per heavy atom. The van der Waals surface area contributed by atoms with E-state index in [1.165, 1.54) is 11.3 Å². The van der Waals surface area contributed by atoms with Crippen LogP contribution < -0.4 is 11.5 Å². The average molecular weight is 427 g/mol. The number of hydrogen-bond donors (Lipinski definition) is 2. The average Bonchev–Trinajstić information content (AvgIpc) is 3.09. The van der Waals surface area contributed by atoms with Crippen LogP contribution in [0.2, 0.25) is 0 Å². The van der Waals surface area contributed by atoms with Gasteiger partial charge in [-0.25, -0.2) is 19.9 Å². The molecule has 0 aliphatic heterocycles. The van der Waals surface area contributed by atoms with E-state index in [1.807, 2.05) is 30.3 Å². The van der Waals surface area contributed by atoms with Gasteiger partial charge in [-0.2, -0.15) is 0 Å². The summed E-state index contributed by atoms with van der Waals surface area (Å²) >= 11 is 0.0191. The molecule has 8 nitrogen and oxygen atoms in total. The summed E-state index contributed by atoms with van der Waals surface area (Å²) < 4.78 is 18.3. The molecule has 0 saturated carbocycles. The zero-order chi connectivity index (χ0) is 20.4. The summed E-state index contributed by atoms with van der Waals surface area (Å²) in [7, 11) is 1.57. The van der Waals surface area contributed by atoms with Crippen molar-refractivity contribution in [3.05, 3.63) is 42.7 Å². The number of anilines is 2. The molecule has 10 heteroatoms. The quantitative estimate of drug-likeness (QED) is 0.449. The van der Waals surface area contributed by atoms with E-state index >= 15 is 0 Å². The monoisotopic (exact) mass is 426 g/mol. The Bertz CT molecular complexity index is 1140. The third-order valence-corrected chi connectivity index (χ3v) is 7.08. The van der Waals surface area contributed by atoms with Gasteiger partial charge in [-0.1, -0.05) is 41.7 Å². The van der Waals surface area contributed by atoms with E-state index in [2.05, 4.69) is 15.0 Å². The van der Waals surface area contributed by atoms with Crippen molar-refractivity contribution in [1.82, 2.24) is 19.9 Å². The van der Waals surface area contributed by atoms with Crippen molar-refractivity contribution in [3.63, 3.8) is 0 Å². The Morgan fingerprint density at radius 3 is 2.48 bits per heavy atom. The van der Waals surface area contributed by atoms with E-state index in [-0.39, 0.29) is 5.95 Å². The number of nitrogen functional groups attached to an aromatic ring is 2. The van der Waals surface area contributed by atoms with Gasteiger partial charge < -0.3 is 20.8 Å². The summed E-state index contributed by atoms with van der Waals surface area (Å²) in [6, 6.07) is 9.68. The molecule has 0 bridgehead atoms. The van der Waals surface area contributed by atoms with Crippen LogP contribution in [0.15, 0.2) is 46.9 Å². The highest BCUT2D eigenvalue weighted by Gasteiger charge is 2.25. The first-order valence-corrected chi connectivity index (χ1v) is 10.8. The van der Waals surface area contributed by atoms with E-state index < -0.39 is 11.2 Å². The molecular formula is C19H18N6O2S2. The zero-order valence-corrected chi connectivity index (χ0v) is 17.2. The lowest BCUT2D eigenvalue weighted by molar-refractivity contribution is 0.217. The maximum Gasteiger partial charge on any atom is 0.232 e. The second-order valence-electron chi connectivity index (χ2n) is 6.12. The molecule has 1 atom stereocenters. The number of fused-ring (bicyclic) bond motifs is 1. The van der Waals surface area contributed by atoms with Crippen LogP contribution >= 0.6 is 11.3 Å². The Hall–Kier alpha value is -2.79. The minimum atomic E-state index is -1.29. The molecule has 3 aromatic heterocycles. The van der Waals surface area contributed by atoms with E-state index in [4.69, 9.17) is 21.2 Å². The van der Waals surface area contributed by atoms with Gasteiger partial charge in [-0.05, 0) is 0 Å². The van der Waals surface area contributed by atoms with Crippen LogP contribution in [0.1, 0.15) is 0 Å². The van der Waals surface area contributed by atoms with Gasteiger partial charge in [0, 0.05) is 36.2 Å². The Kier molecular flexibility index (Phi) is 5.58. The van der Waals surface area contributed by atoms with Gasteiger partial charge in [0.05, 0.1) is 23.3 Å². The van der Waals surface area contributed by atoms with Crippen molar-refractivity contribution >= 4 is 44.4 Å². The molecule has 1 aromatic carbocycles. The molecule has 0 radical (unpaired) electrons. The summed E-state index contributed by atoms with van der Waals surface area (Å²) in [6.07, 6.45) is 3.15. The summed E-state index contributed by atoms with van der Waals surface area (Å²) in [4.78, 5) is 18.1. The number of methoxy groups -OCH3 is 1. The Morgan fingerprint density at radius 1 is 1.07 bits per heavy atom. The van der Waals surface area contributed by atoms with Crippen molar-refractivity contribution in [1.29, 1.82) is 0 Å². The van der Waals surface area contributed by atoms with Crippen molar-refractivity contribution in [3.8, 4) is 22.6 Å². The molecule has 3 heterocycles. The van der Waals surface area contributed by atoms with E-state index in [0.29, 0.717) is 49.6 Å². The van der Waals surface area contributed by atoms with Crippen LogP contribution in [0.25, 0.3) is 32.9 Å². The molecular weight excluding hydrogens is 408 g/mol. The highest BCUT2D eigenvalue weighted by Crippen LogP contribution is 2.41. The predicted molar refractivity (Wildman–Crippen MR) is 116 cm³/mol. The number of ether oxygens (including phenoxy) is 1. The number of rotatable bonds is 6. The molecule has 4 N–H and O–H groups in total. The molecule has 1 unspecified atom stereocenters. The lowest BCUT2D eigenvalue weighted by Gasteiger charge is -2.09. The molecule has 4 rings (SSSR count). The minimum Gasteiger partial charge on any atom is -0.611 e. The SMILES string of the molecule is COCC[S+]([O-])c1sc2nc(-c3cnc(N)nc3)nc(-c3ccccc3)c2c1N. The molecule has 0 saturated heterocycles. The van der Waals surface area contributed by atoms with Crippen molar-refractivity contribution in [2.75, 3.05) is 30.9 Å². The summed E-state index contributed by atoms with van der Waals surface area (Å²) in [5.41, 5.74) is 14.6. The van der Waals surface area contributed by atoms with Gasteiger partial charge in [0.15, 0.2) is 5.82 Å². The van der Waals surface area contributed by atoms with Crippen molar-refractivity contribution in [2.24, 2.45) is 0 Å². The largest absolute Gasteiger partial charge is 0.611 e. The number of hydrogen-bond acceptors (Lipinski definition) is 9. The summed E-state index contributed by atoms with van der Waals surface area (Å²) in [5, 5.41) is 0.696. The van der Waals surface area contributed by atoms with Crippen LogP contribution in [-0.2, 0) is 15.9 Å². The lowest BCUT2D eigenvalue weighted by atomic mass is 10.1. The van der Waals surface area contributed by atoms with E-state index in [9.17, 15) is 4.55 Å². The minimum absolute atomic E-state index is 0.175. The zero-order valence-electron chi connectivity index (χ0n) is 15.5. The predicted octanol–water partition coefficient (Wildman–Crippen LogP) is 2.73. The number of benzene rings is 1. The standard InChI is InChI=1S/C19H18N6O2S2/c1-27-7-8-29(26)18-14(20)13-15(11-5-3-2-4-6-11)24-16(25-17(13)28-18)12-9-22-19(21)23-10-12/h2-6,9-10H,7-8,20H2,1H3,(H2,21,22,23). The molecule has 0 aliphatic rings. The summed E-state index contributed by atoms with van der Waals surface area (Å²) in [5.74, 6) is 0.987. The van der Waals surface area contributed by atoms with Crippen molar-refractivity contribution in [2.45, 2.75) is 4.21 Å². The lowest BCUT2D eigenvalue weighted by Crippen LogP contribution is -2.11. The fourth-order valence-electron chi connectivity index (χ4n) is 2.81. The van der Waals surface area contributed by atoms with Gasteiger partial charge in [0.2, 0.25) is 10.2 Å². The number of thiophene rings is 1. The normalized spacial score (nSPS) is 12.3. The first kappa shape index (κ1) is 19.5. The van der Waals surface area contributed by atoms with E-state index in [1.54, 1.807) is 19.5 Å². The molecule has 0 spiro atoms. The van der Waals surface area contributed by atoms with Crippen LogP contribution in [0.3, 0.4) is 0 Å². The van der Waals surface area contributed by atoms with E-state index in [0.717, 1.165) is 5.56 Å². The third kappa shape index (κ3) is 3.87. The number of nitrogens with two attached hydrogens (primary N) is 2. The van der Waals surface area contributed by atoms with Gasteiger partial charge >= 0.3 is 0 Å². The smallest absolute Gasteiger partial charge is 0.232 e. The molecule has 0 aliphatic carbocycles. The van der Waals surface area contributed by atoms with Gasteiger partial charge in [-0.15, -0.1) is 0 Å². The molecule has 4 aromatic rings. The maximum atomic E-state index is 12.7. The first-order valence-electron chi connectivity index (χ1n) is 8.69. The fourth-order valence-corrected chi connectivity index (χ4v) is 5.35. The van der Waals surface area contributed by atoms with Gasteiger partial charge in [-0.3, -0.25) is 0 Å². The second kappa shape index (κ2) is 8.29. The molecule has 0 amide bonds. The highest BCUT2D eigenvalue weighted by atomic mass is 32.2. The maximum absolute atomic E-state index is 12.7. The number of nitrogens with zero attached hydrogens (tertiary/aromatic N) is 4. The molecule has 29 heavy (non-hydrogen) atoms. The van der Waals surface area contributed by atoms with Crippen LogP contribution in [0.4, 0.5) is 11.6 Å².